The Morgan fingerprint density at radius 1 is 1.18 bits per heavy atom. The molecule has 0 unspecified atom stereocenters. The number of amides is 1. The molecule has 0 bridgehead atoms. The molecule has 0 spiro atoms. The molecule has 0 saturated heterocycles. The molecular weight excluding hydrogens is 304 g/mol. The Bertz CT molecular complexity index is 550. The monoisotopic (exact) mass is 324 g/mol. The summed E-state index contributed by atoms with van der Waals surface area (Å²) in [4.78, 5) is 23.1. The maximum absolute atomic E-state index is 11.9. The summed E-state index contributed by atoms with van der Waals surface area (Å²) in [6, 6.07) is 6.56. The summed E-state index contributed by atoms with van der Waals surface area (Å²) in [7, 11) is 0. The van der Waals surface area contributed by atoms with Crippen molar-refractivity contribution < 1.29 is 19.1 Å². The predicted octanol–water partition coefficient (Wildman–Crippen LogP) is 3.08. The molecular formula is C15H20N2O4S. The molecule has 0 saturated carbocycles. The number of rotatable bonds is 3. The Morgan fingerprint density at radius 2 is 1.77 bits per heavy atom. The molecule has 1 aromatic rings. The topological polar surface area (TPSA) is 76.7 Å². The van der Waals surface area contributed by atoms with Gasteiger partial charge >= 0.3 is 12.1 Å². The van der Waals surface area contributed by atoms with Crippen molar-refractivity contribution in [1.29, 1.82) is 0 Å². The zero-order chi connectivity index (χ0) is 16.8. The number of ether oxygens (including phenoxy) is 2. The molecule has 0 aliphatic carbocycles. The van der Waals surface area contributed by atoms with E-state index in [4.69, 9.17) is 21.7 Å². The first kappa shape index (κ1) is 17.9. The molecule has 1 amide bonds. The van der Waals surface area contributed by atoms with Crippen LogP contribution in [0.2, 0.25) is 0 Å². The predicted molar refractivity (Wildman–Crippen MR) is 88.0 cm³/mol. The van der Waals surface area contributed by atoms with Crippen molar-refractivity contribution in [2.45, 2.75) is 33.3 Å². The van der Waals surface area contributed by atoms with Gasteiger partial charge in [0.1, 0.15) is 5.60 Å². The molecule has 2 N–H and O–H groups in total. The second-order valence-corrected chi connectivity index (χ2v) is 5.79. The van der Waals surface area contributed by atoms with Gasteiger partial charge in [0.25, 0.3) is 0 Å². The molecule has 0 fully saturated rings. The van der Waals surface area contributed by atoms with E-state index in [1.54, 1.807) is 52.0 Å². The maximum Gasteiger partial charge on any atom is 0.413 e. The highest BCUT2D eigenvalue weighted by molar-refractivity contribution is 7.80. The van der Waals surface area contributed by atoms with Crippen molar-refractivity contribution in [2.75, 3.05) is 11.9 Å². The average molecular weight is 324 g/mol. The molecule has 0 atom stereocenters. The SMILES string of the molecule is CCOC(=O)NC(=S)Nc1ccc(C(=O)OC(C)(C)C)cc1. The summed E-state index contributed by atoms with van der Waals surface area (Å²) in [6.45, 7) is 7.38. The number of hydrogen-bond donors (Lipinski definition) is 2. The fraction of sp³-hybridized carbons (Fsp3) is 0.400. The molecule has 0 heterocycles. The molecule has 6 nitrogen and oxygen atoms in total. The van der Waals surface area contributed by atoms with E-state index >= 15 is 0 Å². The smallest absolute Gasteiger partial charge is 0.413 e. The van der Waals surface area contributed by atoms with Crippen molar-refractivity contribution in [3.8, 4) is 0 Å². The minimum atomic E-state index is -0.620. The number of esters is 1. The first-order valence-corrected chi connectivity index (χ1v) is 7.20. The number of anilines is 1. The number of nitrogens with one attached hydrogen (secondary N) is 2. The summed E-state index contributed by atoms with van der Waals surface area (Å²) in [5.74, 6) is -0.397. The lowest BCUT2D eigenvalue weighted by atomic mass is 10.1. The zero-order valence-electron chi connectivity index (χ0n) is 13.1. The van der Waals surface area contributed by atoms with Crippen LogP contribution in [-0.4, -0.2) is 29.4 Å². The number of benzene rings is 1. The third-order valence-electron chi connectivity index (χ3n) is 2.27. The Morgan fingerprint density at radius 3 is 2.27 bits per heavy atom. The van der Waals surface area contributed by atoms with Gasteiger partial charge in [-0.2, -0.15) is 0 Å². The van der Waals surface area contributed by atoms with Gasteiger partial charge in [-0.15, -0.1) is 0 Å². The van der Waals surface area contributed by atoms with E-state index in [1.807, 2.05) is 0 Å². The van der Waals surface area contributed by atoms with Gasteiger partial charge < -0.3 is 14.8 Å². The van der Waals surface area contributed by atoms with Crippen LogP contribution in [-0.2, 0) is 9.47 Å². The lowest BCUT2D eigenvalue weighted by Gasteiger charge is -2.19. The molecule has 0 aromatic heterocycles. The quantitative estimate of drug-likeness (QED) is 0.657. The first-order chi connectivity index (χ1) is 10.2. The van der Waals surface area contributed by atoms with Crippen LogP contribution in [0.4, 0.5) is 10.5 Å². The minimum absolute atomic E-state index is 0.114. The normalized spacial score (nSPS) is 10.5. The fourth-order valence-electron chi connectivity index (χ4n) is 1.45. The van der Waals surface area contributed by atoms with E-state index in [-0.39, 0.29) is 11.7 Å². The van der Waals surface area contributed by atoms with Gasteiger partial charge in [0, 0.05) is 5.69 Å². The number of carbonyl (C=O) groups excluding carboxylic acids is 2. The lowest BCUT2D eigenvalue weighted by Crippen LogP contribution is -2.34. The largest absolute Gasteiger partial charge is 0.456 e. The van der Waals surface area contributed by atoms with Gasteiger partial charge in [-0.1, -0.05) is 0 Å². The second kappa shape index (κ2) is 7.74. The average Bonchev–Trinajstić information content (AvgIpc) is 2.37. The van der Waals surface area contributed by atoms with Crippen LogP contribution >= 0.6 is 12.2 Å². The molecule has 7 heteroatoms. The molecule has 0 radical (unpaired) electrons. The van der Waals surface area contributed by atoms with E-state index in [1.165, 1.54) is 0 Å². The highest BCUT2D eigenvalue weighted by Gasteiger charge is 2.17. The third kappa shape index (κ3) is 6.53. The van der Waals surface area contributed by atoms with Gasteiger partial charge in [0.2, 0.25) is 0 Å². The number of thiocarbonyl (C=S) groups is 1. The van der Waals surface area contributed by atoms with Crippen LogP contribution in [0.5, 0.6) is 0 Å². The summed E-state index contributed by atoms with van der Waals surface area (Å²) in [5, 5.41) is 5.29. The van der Waals surface area contributed by atoms with E-state index in [0.29, 0.717) is 11.3 Å². The van der Waals surface area contributed by atoms with Crippen LogP contribution < -0.4 is 10.6 Å². The van der Waals surface area contributed by atoms with Crippen LogP contribution in [0, 0.1) is 0 Å². The van der Waals surface area contributed by atoms with Gasteiger partial charge in [-0.3, -0.25) is 5.32 Å². The fourth-order valence-corrected chi connectivity index (χ4v) is 1.65. The lowest BCUT2D eigenvalue weighted by molar-refractivity contribution is 0.00695. The van der Waals surface area contributed by atoms with E-state index in [2.05, 4.69) is 10.6 Å². The van der Waals surface area contributed by atoms with Crippen LogP contribution in [0.25, 0.3) is 0 Å². The molecule has 0 aliphatic heterocycles. The Hall–Kier alpha value is -2.15. The second-order valence-electron chi connectivity index (χ2n) is 5.38. The van der Waals surface area contributed by atoms with Crippen molar-refractivity contribution in [3.63, 3.8) is 0 Å². The van der Waals surface area contributed by atoms with Gasteiger partial charge in [-0.05, 0) is 64.2 Å². The van der Waals surface area contributed by atoms with Crippen molar-refractivity contribution in [3.05, 3.63) is 29.8 Å². The van der Waals surface area contributed by atoms with E-state index in [9.17, 15) is 9.59 Å². The summed E-state index contributed by atoms with van der Waals surface area (Å²) in [5.41, 5.74) is 0.526. The summed E-state index contributed by atoms with van der Waals surface area (Å²) >= 11 is 4.97. The molecule has 22 heavy (non-hydrogen) atoms. The number of carbonyl (C=O) groups is 2. The van der Waals surface area contributed by atoms with Crippen molar-refractivity contribution >= 4 is 35.1 Å². The van der Waals surface area contributed by atoms with Crippen LogP contribution in [0.1, 0.15) is 38.1 Å². The number of hydrogen-bond acceptors (Lipinski definition) is 5. The Labute approximate surface area is 135 Å². The van der Waals surface area contributed by atoms with Crippen molar-refractivity contribution in [2.24, 2.45) is 0 Å². The Balaban J connectivity index is 2.60. The molecule has 1 rings (SSSR count). The zero-order valence-corrected chi connectivity index (χ0v) is 13.9. The molecule has 1 aromatic carbocycles. The highest BCUT2D eigenvalue weighted by Crippen LogP contribution is 2.14. The van der Waals surface area contributed by atoms with E-state index in [0.717, 1.165) is 0 Å². The number of alkyl carbamates (subject to hydrolysis) is 1. The minimum Gasteiger partial charge on any atom is -0.456 e. The standard InChI is InChI=1S/C15H20N2O4S/c1-5-20-14(19)17-13(22)16-11-8-6-10(7-9-11)12(18)21-15(2,3)4/h6-9H,5H2,1-4H3,(H2,16,17,19,22). The first-order valence-electron chi connectivity index (χ1n) is 6.79. The third-order valence-corrected chi connectivity index (χ3v) is 2.47. The summed E-state index contributed by atoms with van der Waals surface area (Å²) in [6.07, 6.45) is -0.620. The van der Waals surface area contributed by atoms with Crippen LogP contribution in [0.3, 0.4) is 0 Å². The van der Waals surface area contributed by atoms with E-state index < -0.39 is 17.7 Å². The highest BCUT2D eigenvalue weighted by atomic mass is 32.1. The summed E-state index contributed by atoms with van der Waals surface area (Å²) < 4.78 is 9.97. The Kier molecular flexibility index (Phi) is 6.30. The van der Waals surface area contributed by atoms with Crippen molar-refractivity contribution in [1.82, 2.24) is 5.32 Å². The van der Waals surface area contributed by atoms with Gasteiger partial charge in [-0.25, -0.2) is 9.59 Å². The maximum atomic E-state index is 11.9. The van der Waals surface area contributed by atoms with Gasteiger partial charge in [0.05, 0.1) is 12.2 Å². The van der Waals surface area contributed by atoms with Crippen LogP contribution in [0.15, 0.2) is 24.3 Å². The molecule has 120 valence electrons. The van der Waals surface area contributed by atoms with Gasteiger partial charge in [0.15, 0.2) is 5.11 Å². The molecule has 0 aliphatic rings.